The summed E-state index contributed by atoms with van der Waals surface area (Å²) in [5.74, 6) is -0.313. The number of benzene rings is 1. The molecule has 0 saturated heterocycles. The summed E-state index contributed by atoms with van der Waals surface area (Å²) >= 11 is 0. The second-order valence-electron chi connectivity index (χ2n) is 5.85. The second kappa shape index (κ2) is 7.25. The van der Waals surface area contributed by atoms with Crippen molar-refractivity contribution in [3.05, 3.63) is 35.6 Å². The van der Waals surface area contributed by atoms with Gasteiger partial charge in [-0.2, -0.15) is 13.2 Å². The van der Waals surface area contributed by atoms with Crippen LogP contribution in [0.1, 0.15) is 45.6 Å². The fourth-order valence-electron chi connectivity index (χ4n) is 2.55. The first-order chi connectivity index (χ1) is 9.66. The Morgan fingerprint density at radius 2 is 1.67 bits per heavy atom. The van der Waals surface area contributed by atoms with Crippen molar-refractivity contribution in [2.45, 2.75) is 57.7 Å². The highest BCUT2D eigenvalue weighted by Crippen LogP contribution is 2.31. The van der Waals surface area contributed by atoms with Crippen LogP contribution in [-0.4, -0.2) is 18.8 Å². The third-order valence-corrected chi connectivity index (χ3v) is 3.86. The highest BCUT2D eigenvalue weighted by atomic mass is 19.4. The fourth-order valence-corrected chi connectivity index (χ4v) is 2.55. The Bertz CT molecular complexity index is 423. The average Bonchev–Trinajstić information content (AvgIpc) is 2.37. The monoisotopic (exact) mass is 305 g/mol. The molecule has 0 spiro atoms. The number of likely N-dealkylation sites (N-methyl/N-ethyl adjacent to an activating group) is 1. The molecule has 1 atom stereocenters. The van der Waals surface area contributed by atoms with Gasteiger partial charge in [0.1, 0.15) is 5.82 Å². The van der Waals surface area contributed by atoms with Crippen molar-refractivity contribution in [1.82, 2.24) is 5.32 Å². The van der Waals surface area contributed by atoms with Crippen LogP contribution in [0.3, 0.4) is 0 Å². The van der Waals surface area contributed by atoms with Crippen molar-refractivity contribution >= 4 is 0 Å². The molecule has 0 aliphatic heterocycles. The summed E-state index contributed by atoms with van der Waals surface area (Å²) in [6.45, 7) is 6.56. The van der Waals surface area contributed by atoms with Crippen LogP contribution < -0.4 is 5.32 Å². The van der Waals surface area contributed by atoms with E-state index in [1.807, 2.05) is 20.8 Å². The number of alkyl halides is 3. The molecule has 120 valence electrons. The second-order valence-corrected chi connectivity index (χ2v) is 5.85. The molecule has 0 radical (unpaired) electrons. The third-order valence-electron chi connectivity index (χ3n) is 3.86. The summed E-state index contributed by atoms with van der Waals surface area (Å²) in [4.78, 5) is 0. The first-order valence-electron chi connectivity index (χ1n) is 7.23. The summed E-state index contributed by atoms with van der Waals surface area (Å²) in [5, 5.41) is 3.26. The normalized spacial score (nSPS) is 14.2. The van der Waals surface area contributed by atoms with Gasteiger partial charge in [0.15, 0.2) is 0 Å². The van der Waals surface area contributed by atoms with Gasteiger partial charge in [0.2, 0.25) is 0 Å². The molecule has 1 aromatic carbocycles. The third kappa shape index (κ3) is 5.65. The van der Waals surface area contributed by atoms with Gasteiger partial charge < -0.3 is 5.32 Å². The van der Waals surface area contributed by atoms with Crippen molar-refractivity contribution in [2.24, 2.45) is 0 Å². The van der Waals surface area contributed by atoms with Crippen LogP contribution in [0.15, 0.2) is 24.3 Å². The highest BCUT2D eigenvalue weighted by molar-refractivity contribution is 5.26. The quantitative estimate of drug-likeness (QED) is 0.713. The molecule has 0 aliphatic rings. The van der Waals surface area contributed by atoms with Gasteiger partial charge in [-0.05, 0) is 37.1 Å². The zero-order valence-corrected chi connectivity index (χ0v) is 12.7. The molecule has 1 rings (SSSR count). The lowest BCUT2D eigenvalue weighted by Crippen LogP contribution is -2.45. The minimum Gasteiger partial charge on any atom is -0.313 e. The van der Waals surface area contributed by atoms with Gasteiger partial charge in [-0.1, -0.05) is 32.9 Å². The molecule has 0 amide bonds. The zero-order chi connectivity index (χ0) is 16.1. The largest absolute Gasteiger partial charge is 0.389 e. The SMILES string of the molecule is CCNC(CCCC(F)(F)F)C(C)(C)c1ccc(F)cc1. The van der Waals surface area contributed by atoms with E-state index < -0.39 is 12.6 Å². The lowest BCUT2D eigenvalue weighted by molar-refractivity contribution is -0.136. The highest BCUT2D eigenvalue weighted by Gasteiger charge is 2.32. The molecule has 5 heteroatoms. The predicted octanol–water partition coefficient (Wildman–Crippen LogP) is 4.81. The Morgan fingerprint density at radius 1 is 1.10 bits per heavy atom. The smallest absolute Gasteiger partial charge is 0.313 e. The van der Waals surface area contributed by atoms with Crippen molar-refractivity contribution < 1.29 is 17.6 Å². The van der Waals surface area contributed by atoms with Crippen molar-refractivity contribution in [3.8, 4) is 0 Å². The Labute approximate surface area is 123 Å². The molecule has 0 fully saturated rings. The molecule has 1 unspecified atom stereocenters. The molecule has 0 heterocycles. The van der Waals surface area contributed by atoms with Gasteiger partial charge >= 0.3 is 6.18 Å². The molecule has 1 nitrogen and oxygen atoms in total. The Balaban J connectivity index is 2.79. The first-order valence-corrected chi connectivity index (χ1v) is 7.23. The van der Waals surface area contributed by atoms with E-state index in [0.717, 1.165) is 5.56 Å². The summed E-state index contributed by atoms with van der Waals surface area (Å²) in [6, 6.07) is 6.08. The molecule has 0 bridgehead atoms. The molecule has 0 aromatic heterocycles. The minimum absolute atomic E-state index is 0.0877. The van der Waals surface area contributed by atoms with E-state index in [0.29, 0.717) is 13.0 Å². The summed E-state index contributed by atoms with van der Waals surface area (Å²) in [6.07, 6.45) is -4.37. The van der Waals surface area contributed by atoms with Crippen LogP contribution >= 0.6 is 0 Å². The summed E-state index contributed by atoms with van der Waals surface area (Å²) < 4.78 is 49.9. The van der Waals surface area contributed by atoms with Crippen LogP contribution in [-0.2, 0) is 5.41 Å². The van der Waals surface area contributed by atoms with E-state index in [4.69, 9.17) is 0 Å². The Morgan fingerprint density at radius 3 is 2.14 bits per heavy atom. The van der Waals surface area contributed by atoms with Crippen LogP contribution in [0, 0.1) is 5.82 Å². The molecular formula is C16H23F4N. The predicted molar refractivity (Wildman–Crippen MR) is 76.8 cm³/mol. The molecule has 0 aliphatic carbocycles. The van der Waals surface area contributed by atoms with Gasteiger partial charge in [-0.15, -0.1) is 0 Å². The summed E-state index contributed by atoms with van der Waals surface area (Å²) in [7, 11) is 0. The lowest BCUT2D eigenvalue weighted by Gasteiger charge is -2.36. The van der Waals surface area contributed by atoms with E-state index in [1.54, 1.807) is 12.1 Å². The zero-order valence-electron chi connectivity index (χ0n) is 12.7. The number of hydrogen-bond acceptors (Lipinski definition) is 1. The standard InChI is InChI=1S/C16H23F4N/c1-4-21-14(6-5-11-16(18,19)20)15(2,3)12-7-9-13(17)10-8-12/h7-10,14,21H,4-6,11H2,1-3H3. The van der Waals surface area contributed by atoms with Crippen LogP contribution in [0.5, 0.6) is 0 Å². The first kappa shape index (κ1) is 18.0. The fraction of sp³-hybridized carbons (Fsp3) is 0.625. The van der Waals surface area contributed by atoms with E-state index in [9.17, 15) is 17.6 Å². The van der Waals surface area contributed by atoms with Crippen LogP contribution in [0.4, 0.5) is 17.6 Å². The summed E-state index contributed by atoms with van der Waals surface area (Å²) in [5.41, 5.74) is 0.553. The average molecular weight is 305 g/mol. The van der Waals surface area contributed by atoms with Crippen LogP contribution in [0.25, 0.3) is 0 Å². The van der Waals surface area contributed by atoms with Crippen molar-refractivity contribution in [3.63, 3.8) is 0 Å². The van der Waals surface area contributed by atoms with Crippen molar-refractivity contribution in [2.75, 3.05) is 6.54 Å². The number of halogens is 4. The van der Waals surface area contributed by atoms with Crippen molar-refractivity contribution in [1.29, 1.82) is 0 Å². The molecule has 0 saturated carbocycles. The molecular weight excluding hydrogens is 282 g/mol. The van der Waals surface area contributed by atoms with Crippen LogP contribution in [0.2, 0.25) is 0 Å². The lowest BCUT2D eigenvalue weighted by atomic mass is 9.75. The van der Waals surface area contributed by atoms with E-state index >= 15 is 0 Å². The molecule has 21 heavy (non-hydrogen) atoms. The number of rotatable bonds is 7. The van der Waals surface area contributed by atoms with Gasteiger partial charge in [0, 0.05) is 17.9 Å². The maximum absolute atomic E-state index is 13.0. The van der Waals surface area contributed by atoms with Gasteiger partial charge in [0.05, 0.1) is 0 Å². The topological polar surface area (TPSA) is 12.0 Å². The van der Waals surface area contributed by atoms with Gasteiger partial charge in [-0.25, -0.2) is 4.39 Å². The van der Waals surface area contributed by atoms with E-state index in [1.165, 1.54) is 12.1 Å². The number of hydrogen-bond donors (Lipinski definition) is 1. The Kier molecular flexibility index (Phi) is 6.20. The maximum atomic E-state index is 13.0. The van der Waals surface area contributed by atoms with Gasteiger partial charge in [0.25, 0.3) is 0 Å². The minimum atomic E-state index is -4.11. The van der Waals surface area contributed by atoms with E-state index in [2.05, 4.69) is 5.32 Å². The van der Waals surface area contributed by atoms with E-state index in [-0.39, 0.29) is 23.7 Å². The Hall–Kier alpha value is -1.10. The maximum Gasteiger partial charge on any atom is 0.389 e. The number of nitrogens with one attached hydrogen (secondary N) is 1. The van der Waals surface area contributed by atoms with Gasteiger partial charge in [-0.3, -0.25) is 0 Å². The molecule has 1 N–H and O–H groups in total. The molecule has 1 aromatic rings.